The Hall–Kier alpha value is -7.43. The monoisotopic (exact) mass is 904 g/mol. The number of aryl methyl sites for hydroxylation is 2. The maximum Gasteiger partial charge on any atom is 0.248 e. The summed E-state index contributed by atoms with van der Waals surface area (Å²) in [6, 6.07) is 55.7. The summed E-state index contributed by atoms with van der Waals surface area (Å²) in [4.78, 5) is 4.97. The highest BCUT2D eigenvalue weighted by molar-refractivity contribution is 7.02. The minimum Gasteiger partial charge on any atom is -0.497 e. The molecule has 0 N–H and O–H groups in total. The van der Waals surface area contributed by atoms with Crippen LogP contribution in [0.2, 0.25) is 0 Å². The molecule has 70 heavy (non-hydrogen) atoms. The van der Waals surface area contributed by atoms with Crippen molar-refractivity contribution in [3.05, 3.63) is 168 Å². The van der Waals surface area contributed by atoms with Gasteiger partial charge in [0.2, 0.25) is 13.4 Å². The molecule has 14 rings (SSSR count). The Labute approximate surface area is 412 Å². The van der Waals surface area contributed by atoms with Gasteiger partial charge < -0.3 is 19.3 Å². The summed E-state index contributed by atoms with van der Waals surface area (Å²) in [6.45, 7) is 19.0. The molecular weight excluding hydrogens is 850 g/mol. The fourth-order valence-electron chi connectivity index (χ4n) is 13.4. The number of para-hydroxylation sites is 2. The zero-order valence-corrected chi connectivity index (χ0v) is 41.7. The van der Waals surface area contributed by atoms with Gasteiger partial charge in [0.1, 0.15) is 11.5 Å². The van der Waals surface area contributed by atoms with Crippen LogP contribution in [0.5, 0.6) is 11.5 Å². The second-order valence-corrected chi connectivity index (χ2v) is 22.5. The average molecular weight is 905 g/mol. The van der Waals surface area contributed by atoms with Gasteiger partial charge in [-0.1, -0.05) is 125 Å². The van der Waals surface area contributed by atoms with Gasteiger partial charge in [-0.05, 0) is 184 Å². The molecule has 10 aromatic rings. The number of methoxy groups -OCH3 is 2. The van der Waals surface area contributed by atoms with Gasteiger partial charge in [-0.3, -0.25) is 0 Å². The van der Waals surface area contributed by atoms with Crippen molar-refractivity contribution < 1.29 is 9.47 Å². The van der Waals surface area contributed by atoms with Crippen LogP contribution in [0.3, 0.4) is 0 Å². The molecule has 4 nitrogen and oxygen atoms in total. The summed E-state index contributed by atoms with van der Waals surface area (Å²) in [7, 11) is 3.60. The van der Waals surface area contributed by atoms with Crippen LogP contribution in [0.25, 0.3) is 54.6 Å². The zero-order valence-electron chi connectivity index (χ0n) is 41.7. The number of benzene rings is 10. The first-order valence-electron chi connectivity index (χ1n) is 25.0. The minimum absolute atomic E-state index is 0.000961. The van der Waals surface area contributed by atoms with E-state index < -0.39 is 0 Å². The van der Waals surface area contributed by atoms with E-state index in [1.807, 2.05) is 7.11 Å². The molecule has 0 aromatic heterocycles. The largest absolute Gasteiger partial charge is 0.497 e. The van der Waals surface area contributed by atoms with E-state index in [0.29, 0.717) is 0 Å². The molecule has 4 heterocycles. The third kappa shape index (κ3) is 5.45. The van der Waals surface area contributed by atoms with Gasteiger partial charge in [-0.25, -0.2) is 0 Å². The van der Waals surface area contributed by atoms with Crippen molar-refractivity contribution in [1.82, 2.24) is 0 Å². The van der Waals surface area contributed by atoms with Crippen LogP contribution in [0.15, 0.2) is 146 Å². The van der Waals surface area contributed by atoms with Gasteiger partial charge in [0, 0.05) is 46.3 Å². The van der Waals surface area contributed by atoms with Crippen LogP contribution in [0, 0.1) is 13.8 Å². The molecule has 0 fully saturated rings. The maximum absolute atomic E-state index is 6.30. The maximum atomic E-state index is 6.30. The van der Waals surface area contributed by atoms with Crippen molar-refractivity contribution in [1.29, 1.82) is 0 Å². The summed E-state index contributed by atoms with van der Waals surface area (Å²) in [5.41, 5.74) is 25.3. The number of rotatable bonds is 4. The lowest BCUT2D eigenvalue weighted by Gasteiger charge is -2.43. The molecule has 4 aliphatic heterocycles. The normalized spacial score (nSPS) is 14.0. The summed E-state index contributed by atoms with van der Waals surface area (Å²) in [6.07, 6.45) is 0. The molecule has 0 amide bonds. The van der Waals surface area contributed by atoms with Crippen molar-refractivity contribution in [2.45, 2.75) is 66.2 Å². The Bertz CT molecular complexity index is 3920. The van der Waals surface area contributed by atoms with Crippen molar-refractivity contribution in [3.8, 4) is 33.8 Å². The van der Waals surface area contributed by atoms with Crippen LogP contribution in [0.4, 0.5) is 34.1 Å². The molecule has 338 valence electrons. The predicted octanol–water partition coefficient (Wildman–Crippen LogP) is 12.4. The van der Waals surface area contributed by atoms with Crippen molar-refractivity contribution in [3.63, 3.8) is 0 Å². The third-order valence-corrected chi connectivity index (χ3v) is 16.3. The minimum atomic E-state index is -0.186. The van der Waals surface area contributed by atoms with Gasteiger partial charge in [0.25, 0.3) is 0 Å². The Kier molecular flexibility index (Phi) is 8.37. The molecular formula is C64H54B2N2O2. The highest BCUT2D eigenvalue weighted by Gasteiger charge is 2.46. The van der Waals surface area contributed by atoms with Gasteiger partial charge in [-0.2, -0.15) is 0 Å². The van der Waals surface area contributed by atoms with E-state index in [9.17, 15) is 0 Å². The molecule has 0 saturated heterocycles. The van der Waals surface area contributed by atoms with Crippen LogP contribution < -0.4 is 52.1 Å². The highest BCUT2D eigenvalue weighted by Crippen LogP contribution is 2.53. The molecule has 6 heteroatoms. The molecule has 0 atom stereocenters. The SMILES string of the molecule is COc1ccc2c(c1)N(c1ccccc1)c1cc(C)cc3c1B2c1cc2c(C(C)(C)C)cc4c5c(cc6c(C(C)(C)C)cc-3c1c6c25)B1c2ccc(C)cc2N(c2ccccc2)c2cc(OC)cc-4c21. The highest BCUT2D eigenvalue weighted by atomic mass is 16.5. The standard InChI is InChI=1S/C64H54B2N2O2/c1-35-21-23-49-53(26-35)67(37-17-13-11-14-18-37)56-30-40(70-10)28-44-42-32-48(64(6,7)8)46-33-51-57-41(31-47(63(3,4)5)45-34-52(65(49)62(44)56)58(42)60(46)59(45)57)43-25-36(2)27-55-61(43)66(51)50-24-22-39(69-9)29-54(50)68(55)38-19-15-12-16-20-38/h11-34H,1-10H3. The lowest BCUT2D eigenvalue weighted by molar-refractivity contribution is 0.415. The van der Waals surface area contributed by atoms with E-state index in [4.69, 9.17) is 9.47 Å². The summed E-state index contributed by atoms with van der Waals surface area (Å²) in [5.74, 6) is 1.72. The predicted molar refractivity (Wildman–Crippen MR) is 300 cm³/mol. The summed E-state index contributed by atoms with van der Waals surface area (Å²) in [5, 5.41) is 8.26. The van der Waals surface area contributed by atoms with Crippen molar-refractivity contribution in [2.24, 2.45) is 0 Å². The third-order valence-electron chi connectivity index (χ3n) is 16.3. The lowest BCUT2D eigenvalue weighted by atomic mass is 9.31. The number of nitrogens with zero attached hydrogens (tertiary/aromatic N) is 2. The second kappa shape index (κ2) is 14.1. The van der Waals surface area contributed by atoms with E-state index in [-0.39, 0.29) is 24.3 Å². The van der Waals surface area contributed by atoms with Crippen LogP contribution in [-0.2, 0) is 10.8 Å². The molecule has 0 radical (unpaired) electrons. The Balaban J connectivity index is 1.19. The number of anilines is 6. The number of hydrogen-bond acceptors (Lipinski definition) is 4. The topological polar surface area (TPSA) is 24.9 Å². The van der Waals surface area contributed by atoms with Crippen molar-refractivity contribution in [2.75, 3.05) is 24.0 Å². The Morgan fingerprint density at radius 3 is 1.36 bits per heavy atom. The molecule has 0 spiro atoms. The molecule has 4 aliphatic rings. The first kappa shape index (κ1) is 41.5. The van der Waals surface area contributed by atoms with E-state index in [1.165, 1.54) is 127 Å². The molecule has 0 unspecified atom stereocenters. The van der Waals surface area contributed by atoms with E-state index in [2.05, 4.69) is 211 Å². The first-order valence-corrected chi connectivity index (χ1v) is 25.0. The fraction of sp³-hybridized carbons (Fsp3) is 0.188. The fourth-order valence-corrected chi connectivity index (χ4v) is 13.4. The summed E-state index contributed by atoms with van der Waals surface area (Å²) >= 11 is 0. The van der Waals surface area contributed by atoms with Gasteiger partial charge in [-0.15, -0.1) is 0 Å². The Morgan fingerprint density at radius 1 is 0.386 bits per heavy atom. The molecule has 0 saturated carbocycles. The Morgan fingerprint density at radius 2 is 0.843 bits per heavy atom. The number of hydrogen-bond donors (Lipinski definition) is 0. The summed E-state index contributed by atoms with van der Waals surface area (Å²) < 4.78 is 12.3. The van der Waals surface area contributed by atoms with Crippen molar-refractivity contribution >= 4 is 113 Å². The number of ether oxygens (including phenoxy) is 2. The average Bonchev–Trinajstić information content (AvgIpc) is 3.35. The van der Waals surface area contributed by atoms with E-state index in [1.54, 1.807) is 7.11 Å². The molecule has 0 aliphatic carbocycles. The van der Waals surface area contributed by atoms with E-state index >= 15 is 0 Å². The smallest absolute Gasteiger partial charge is 0.248 e. The van der Waals surface area contributed by atoms with E-state index in [0.717, 1.165) is 28.6 Å². The van der Waals surface area contributed by atoms with Crippen LogP contribution in [0.1, 0.15) is 63.8 Å². The quantitative estimate of drug-likeness (QED) is 0.130. The van der Waals surface area contributed by atoms with Gasteiger partial charge in [0.05, 0.1) is 14.2 Å². The second-order valence-electron chi connectivity index (χ2n) is 22.5. The lowest BCUT2D eigenvalue weighted by Crippen LogP contribution is -2.60. The zero-order chi connectivity index (χ0) is 47.9. The molecule has 0 bridgehead atoms. The van der Waals surface area contributed by atoms with Gasteiger partial charge in [0.15, 0.2) is 0 Å². The van der Waals surface area contributed by atoms with Gasteiger partial charge >= 0.3 is 0 Å². The first-order chi connectivity index (χ1) is 33.7. The number of fused-ring (bicyclic) bond motifs is 8. The molecule has 10 aromatic carbocycles. The van der Waals surface area contributed by atoms with Crippen LogP contribution in [-0.4, -0.2) is 27.6 Å². The van der Waals surface area contributed by atoms with Crippen LogP contribution >= 0.6 is 0 Å².